The molecule has 0 radical (unpaired) electrons. The molecule has 4 amide bonds. The van der Waals surface area contributed by atoms with Crippen LogP contribution >= 0.6 is 73.9 Å². The molecule has 0 aliphatic carbocycles. The Labute approximate surface area is 806 Å². The highest BCUT2D eigenvalue weighted by atomic mass is 79.9. The van der Waals surface area contributed by atoms with E-state index in [1.165, 1.54) is 11.1 Å². The predicted molar refractivity (Wildman–Crippen MR) is 553 cm³/mol. The molecule has 12 aromatic carbocycles. The summed E-state index contributed by atoms with van der Waals surface area (Å²) in [5.74, 6) is -0.413. The SMILES string of the molecule is C.C.C.C.C.CC(C)(C)c1ccccc1CC1N=C(c2ccc3[nH]c(=O)[nH]c3c2)c2cc(Cl)ccc2NC1=O.CC(C)c1ccccc1CC1N=C(c2ccc3[nH]c(=O)[nH]c3c2)c2cc(Cl)ccc2NC1=O.O=C1Nc2ccc(Cl)cc2C(c2ccc3[nH]c(=O)[nH]c3c2)=NC1Cc1ccccc1Br.O=C1Nc2ccc(Cl)cc2C(c2ccc3[nH]c(=O)[nH]c3c2)=NC1Cc1ccccc1Cl. The number of benzene rings is 12. The zero-order chi connectivity index (χ0) is 90.2. The molecule has 4 atom stereocenters. The van der Waals surface area contributed by atoms with Crippen LogP contribution in [0.4, 0.5) is 22.7 Å². The lowest BCUT2D eigenvalue weighted by molar-refractivity contribution is -0.118. The first-order valence-corrected chi connectivity index (χ1v) is 44.0. The molecular formula is C104H100BrCl5N16O8. The standard InChI is InChI=1S/C27H25ClN4O2.C26H23ClN4O2.C23H16BrClN4O2.C23H16Cl2N4O2.5CH4/c1-27(2,3)19-7-5-4-6-15(19)12-23-25(33)30-20-11-9-17(28)14-18(20)24(29-23)16-8-10-21-22(13-16)32-26(34)31-21;1-14(2)18-6-4-3-5-15(18)11-23-25(32)29-20-10-8-17(27)13-19(20)24(28-23)16-7-9-21-22(12-16)31-26(33)30-21;24-16-4-2-1-3-12(16)9-20-22(30)27-17-8-6-14(25)11-15(17)21(26-20)13-5-7-18-19(10-13)29-23(31)28-18;24-14-6-8-17-15(11-14)21(13-5-7-18-19(10-13)29-23(31)28-18)26-20(22(30)27-17)9-12-3-1-2-4-16(12)25;;;;;/h4-11,13-14,23H,12H2,1-3H3,(H,30,33)(H2,31,32,34);3-10,12-14,23H,11H2,1-2H3,(H,29,32)(H2,30,31,33);2*1-8,10-11,20H,9H2,(H,27,30)(H2,28,29,31);5*1H4. The quantitative estimate of drug-likeness (QED) is 0.0525. The van der Waals surface area contributed by atoms with E-state index in [-0.39, 0.29) is 88.9 Å². The molecule has 134 heavy (non-hydrogen) atoms. The molecule has 4 aromatic heterocycles. The molecule has 0 bridgehead atoms. The monoisotopic (exact) mass is 1950 g/mol. The molecule has 8 heterocycles. The van der Waals surface area contributed by atoms with Crippen molar-refractivity contribution < 1.29 is 19.2 Å². The van der Waals surface area contributed by atoms with Crippen LogP contribution in [0.15, 0.2) is 286 Å². The minimum Gasteiger partial charge on any atom is -0.324 e. The number of nitrogens with zero attached hydrogens (tertiary/aromatic N) is 4. The number of carbonyl (C=O) groups is 4. The molecule has 30 heteroatoms. The van der Waals surface area contributed by atoms with E-state index in [0.29, 0.717) is 152 Å². The Hall–Kier alpha value is -13.8. The third-order valence-corrected chi connectivity index (χ3v) is 24.6. The fourth-order valence-electron chi connectivity index (χ4n) is 16.4. The molecule has 0 fully saturated rings. The van der Waals surface area contributed by atoms with Crippen LogP contribution in [0, 0.1) is 0 Å². The van der Waals surface area contributed by atoms with Gasteiger partial charge in [0.2, 0.25) is 23.6 Å². The van der Waals surface area contributed by atoms with Crippen LogP contribution in [0.5, 0.6) is 0 Å². The Morgan fingerprint density at radius 1 is 0.306 bits per heavy atom. The van der Waals surface area contributed by atoms with Crippen LogP contribution in [0.25, 0.3) is 44.1 Å². The number of benzodiazepines with no additional fused rings is 4. The van der Waals surface area contributed by atoms with E-state index in [2.05, 4.69) is 136 Å². The highest BCUT2D eigenvalue weighted by molar-refractivity contribution is 9.10. The molecule has 0 spiro atoms. The summed E-state index contributed by atoms with van der Waals surface area (Å²) in [6.45, 7) is 10.8. The average molecular weight is 1960 g/mol. The Bertz CT molecular complexity index is 7370. The Balaban J connectivity index is 0.000000159. The van der Waals surface area contributed by atoms with Crippen LogP contribution in [0.1, 0.15) is 156 Å². The number of anilines is 4. The van der Waals surface area contributed by atoms with E-state index in [1.807, 2.05) is 146 Å². The largest absolute Gasteiger partial charge is 0.324 e. The van der Waals surface area contributed by atoms with Gasteiger partial charge in [0, 0.05) is 99.8 Å². The molecule has 4 aliphatic rings. The lowest BCUT2D eigenvalue weighted by Gasteiger charge is -2.24. The van der Waals surface area contributed by atoms with Gasteiger partial charge in [0.1, 0.15) is 24.2 Å². The molecule has 4 unspecified atom stereocenters. The summed E-state index contributed by atoms with van der Waals surface area (Å²) in [6.07, 6.45) is 1.73. The van der Waals surface area contributed by atoms with Gasteiger partial charge in [-0.3, -0.25) is 39.1 Å². The van der Waals surface area contributed by atoms with Crippen molar-refractivity contribution in [1.82, 2.24) is 39.9 Å². The van der Waals surface area contributed by atoms with Crippen molar-refractivity contribution >= 4 is 187 Å². The van der Waals surface area contributed by atoms with Crippen molar-refractivity contribution in [2.24, 2.45) is 20.0 Å². The molecule has 24 nitrogen and oxygen atoms in total. The van der Waals surface area contributed by atoms with Crippen molar-refractivity contribution in [2.75, 3.05) is 21.3 Å². The maximum absolute atomic E-state index is 13.3. The number of rotatable bonds is 13. The van der Waals surface area contributed by atoms with Crippen molar-refractivity contribution in [1.29, 1.82) is 0 Å². The van der Waals surface area contributed by atoms with Crippen molar-refractivity contribution in [3.8, 4) is 0 Å². The van der Waals surface area contributed by atoms with Crippen molar-refractivity contribution in [2.45, 2.75) is 133 Å². The third-order valence-electron chi connectivity index (χ3n) is 22.6. The number of carbonyl (C=O) groups excluding carboxylic acids is 4. The summed E-state index contributed by atoms with van der Waals surface area (Å²) < 4.78 is 0.927. The van der Waals surface area contributed by atoms with Gasteiger partial charge >= 0.3 is 22.8 Å². The summed E-state index contributed by atoms with van der Waals surface area (Å²) in [5, 5.41) is 14.8. The second-order valence-electron chi connectivity index (χ2n) is 32.8. The summed E-state index contributed by atoms with van der Waals surface area (Å²) >= 11 is 35.1. The second kappa shape index (κ2) is 42.0. The first kappa shape index (κ1) is 99.2. The zero-order valence-corrected chi connectivity index (χ0v) is 75.0. The third kappa shape index (κ3) is 21.9. The lowest BCUT2D eigenvalue weighted by Crippen LogP contribution is -2.29. The number of aliphatic imine (C=N–C) groups is 4. The van der Waals surface area contributed by atoms with Gasteiger partial charge in [-0.25, -0.2) is 19.2 Å². The Morgan fingerprint density at radius 3 is 0.896 bits per heavy atom. The van der Waals surface area contributed by atoms with Crippen molar-refractivity contribution in [3.63, 3.8) is 0 Å². The maximum Gasteiger partial charge on any atom is 0.323 e. The number of hydrogen-bond acceptors (Lipinski definition) is 12. The van der Waals surface area contributed by atoms with Crippen LogP contribution in [0.3, 0.4) is 0 Å². The van der Waals surface area contributed by atoms with Gasteiger partial charge in [-0.1, -0.05) is 255 Å². The number of hydrogen-bond donors (Lipinski definition) is 12. The number of amides is 4. The van der Waals surface area contributed by atoms with Gasteiger partial charge in [-0.2, -0.15) is 0 Å². The lowest BCUT2D eigenvalue weighted by atomic mass is 9.82. The van der Waals surface area contributed by atoms with Gasteiger partial charge in [0.15, 0.2) is 0 Å². The number of aromatic nitrogens is 8. The van der Waals surface area contributed by atoms with Gasteiger partial charge in [0.05, 0.1) is 89.7 Å². The van der Waals surface area contributed by atoms with Crippen LogP contribution in [-0.4, -0.2) is 111 Å². The highest BCUT2D eigenvalue weighted by Gasteiger charge is 2.34. The molecular weight excluding hydrogens is 1860 g/mol. The first-order chi connectivity index (χ1) is 62.0. The topological polar surface area (TPSA) is 360 Å². The fraction of sp³-hybridized carbons (Fsp3) is 0.192. The minimum absolute atomic E-state index is 0. The maximum atomic E-state index is 13.3. The fourth-order valence-corrected chi connectivity index (χ4v) is 17.7. The number of fused-ring (bicyclic) bond motifs is 8. The molecule has 0 saturated heterocycles. The summed E-state index contributed by atoms with van der Waals surface area (Å²) in [5.41, 5.74) is 21.9. The zero-order valence-electron chi connectivity index (χ0n) is 69.6. The average Bonchev–Trinajstić information content (AvgIpc) is 1.64. The number of aromatic amines is 8. The molecule has 20 rings (SSSR count). The summed E-state index contributed by atoms with van der Waals surface area (Å²) in [7, 11) is 0. The second-order valence-corrected chi connectivity index (χ2v) is 35.8. The van der Waals surface area contributed by atoms with Gasteiger partial charge in [-0.05, 0) is 178 Å². The van der Waals surface area contributed by atoms with Gasteiger partial charge < -0.3 is 61.1 Å². The summed E-state index contributed by atoms with van der Waals surface area (Å²) in [4.78, 5) is 141. The molecule has 686 valence electrons. The molecule has 0 saturated carbocycles. The van der Waals surface area contributed by atoms with E-state index in [0.717, 1.165) is 65.7 Å². The van der Waals surface area contributed by atoms with E-state index < -0.39 is 24.2 Å². The van der Waals surface area contributed by atoms with E-state index in [1.54, 1.807) is 72.8 Å². The summed E-state index contributed by atoms with van der Waals surface area (Å²) in [6, 6.07) is 72.5. The molecule has 12 N–H and O–H groups in total. The highest BCUT2D eigenvalue weighted by Crippen LogP contribution is 2.37. The number of halogens is 6. The van der Waals surface area contributed by atoms with Gasteiger partial charge in [-0.15, -0.1) is 0 Å². The number of H-pyrrole nitrogens is 8. The normalized spacial score (nSPS) is 15.3. The number of imidazole rings is 4. The molecule has 4 aliphatic heterocycles. The Morgan fingerprint density at radius 2 is 0.575 bits per heavy atom. The first-order valence-electron chi connectivity index (χ1n) is 41.3. The van der Waals surface area contributed by atoms with Crippen molar-refractivity contribution in [3.05, 3.63) is 392 Å². The number of nitrogens with one attached hydrogen (secondary N) is 12. The van der Waals surface area contributed by atoms with E-state index in [9.17, 15) is 38.4 Å². The van der Waals surface area contributed by atoms with Crippen LogP contribution in [0.2, 0.25) is 25.1 Å². The minimum atomic E-state index is -0.693. The van der Waals surface area contributed by atoms with Gasteiger partial charge in [0.25, 0.3) is 0 Å². The van der Waals surface area contributed by atoms with E-state index >= 15 is 0 Å². The predicted octanol–water partition coefficient (Wildman–Crippen LogP) is 22.7. The molecule has 16 aromatic rings. The van der Waals surface area contributed by atoms with E-state index in [4.69, 9.17) is 78.0 Å². The van der Waals surface area contributed by atoms with Crippen LogP contribution < -0.4 is 44.0 Å². The smallest absolute Gasteiger partial charge is 0.323 e. The Kier molecular flexibility index (Phi) is 31.1. The van der Waals surface area contributed by atoms with Crippen LogP contribution in [-0.2, 0) is 50.3 Å².